The summed E-state index contributed by atoms with van der Waals surface area (Å²) < 4.78 is 40.1. The van der Waals surface area contributed by atoms with Crippen LogP contribution in [0.5, 0.6) is 11.5 Å². The van der Waals surface area contributed by atoms with Gasteiger partial charge in [-0.2, -0.15) is 8.78 Å². The Balaban J connectivity index is 2.03. The highest BCUT2D eigenvalue weighted by molar-refractivity contribution is 5.95. The van der Waals surface area contributed by atoms with Crippen molar-refractivity contribution in [3.8, 4) is 11.5 Å². The summed E-state index contributed by atoms with van der Waals surface area (Å²) in [6, 6.07) is 3.28. The Kier molecular flexibility index (Phi) is 5.71. The van der Waals surface area contributed by atoms with Gasteiger partial charge in [0.1, 0.15) is 0 Å². The van der Waals surface area contributed by atoms with Crippen LogP contribution in [0.1, 0.15) is 38.3 Å². The molecule has 9 heteroatoms. The third-order valence-corrected chi connectivity index (χ3v) is 4.66. The lowest BCUT2D eigenvalue weighted by molar-refractivity contribution is -0.136. The number of allylic oxidation sites excluding steroid dienone is 1. The van der Waals surface area contributed by atoms with E-state index in [4.69, 9.17) is 9.47 Å². The Morgan fingerprint density at radius 2 is 2.04 bits per heavy atom. The lowest BCUT2D eigenvalue weighted by Gasteiger charge is -2.35. The largest absolute Gasteiger partial charge is 0.490 e. The van der Waals surface area contributed by atoms with Crippen LogP contribution in [0.4, 0.5) is 13.6 Å². The van der Waals surface area contributed by atoms with Crippen molar-refractivity contribution in [3.63, 3.8) is 0 Å². The number of nitrogens with zero attached hydrogens (tertiary/aromatic N) is 1. The smallest absolute Gasteiger partial charge is 0.387 e. The van der Waals surface area contributed by atoms with E-state index in [9.17, 15) is 18.4 Å². The number of hydrogen-bond acceptors (Lipinski definition) is 5. The van der Waals surface area contributed by atoms with E-state index in [1.807, 2.05) is 0 Å². The van der Waals surface area contributed by atoms with Crippen molar-refractivity contribution in [2.45, 2.75) is 45.4 Å². The van der Waals surface area contributed by atoms with E-state index in [0.29, 0.717) is 16.8 Å². The van der Waals surface area contributed by atoms with Crippen LogP contribution in [-0.4, -0.2) is 43.3 Å². The fourth-order valence-corrected chi connectivity index (χ4v) is 3.32. The van der Waals surface area contributed by atoms with Crippen LogP contribution in [-0.2, 0) is 9.53 Å². The van der Waals surface area contributed by atoms with Gasteiger partial charge in [-0.25, -0.2) is 9.59 Å². The van der Waals surface area contributed by atoms with Gasteiger partial charge in [-0.3, -0.25) is 4.90 Å². The highest BCUT2D eigenvalue weighted by Crippen LogP contribution is 2.40. The van der Waals surface area contributed by atoms with Gasteiger partial charge >= 0.3 is 18.6 Å². The summed E-state index contributed by atoms with van der Waals surface area (Å²) >= 11 is 0. The minimum atomic E-state index is -3.00. The lowest BCUT2D eigenvalue weighted by atomic mass is 9.94. The molecule has 1 heterocycles. The van der Waals surface area contributed by atoms with E-state index in [1.165, 1.54) is 25.3 Å². The number of urea groups is 1. The quantitative estimate of drug-likeness (QED) is 0.715. The van der Waals surface area contributed by atoms with Crippen LogP contribution in [0.3, 0.4) is 0 Å². The molecule has 0 spiro atoms. The first-order valence-electron chi connectivity index (χ1n) is 8.97. The summed E-state index contributed by atoms with van der Waals surface area (Å²) in [5.74, 6) is -0.595. The molecule has 0 radical (unpaired) electrons. The Labute approximate surface area is 161 Å². The van der Waals surface area contributed by atoms with Crippen molar-refractivity contribution in [1.82, 2.24) is 10.2 Å². The molecule has 1 aliphatic carbocycles. The summed E-state index contributed by atoms with van der Waals surface area (Å²) in [6.07, 6.45) is 1.75. The average Bonchev–Trinajstić information content (AvgIpc) is 3.47. The number of carbonyl (C=O) groups excluding carboxylic acids is 2. The number of hydrogen-bond donors (Lipinski definition) is 1. The molecule has 0 saturated heterocycles. The van der Waals surface area contributed by atoms with Gasteiger partial charge in [-0.1, -0.05) is 6.07 Å². The Bertz CT molecular complexity index is 808. The number of halogens is 2. The SMILES string of the molecule is CCOc1cc([C@H]2NC(=O)N(C3CC3)C(C)=C2C(=O)OC)ccc1OC(F)F. The number of carbonyl (C=O) groups is 2. The van der Waals surface area contributed by atoms with E-state index >= 15 is 0 Å². The van der Waals surface area contributed by atoms with E-state index in [2.05, 4.69) is 10.1 Å². The summed E-state index contributed by atoms with van der Waals surface area (Å²) in [7, 11) is 1.27. The molecule has 1 atom stereocenters. The topological polar surface area (TPSA) is 77.1 Å². The molecular weight excluding hydrogens is 374 g/mol. The standard InChI is InChI=1S/C19H22F2N2O5/c1-4-27-14-9-11(5-8-13(14)28-18(20)21)16-15(17(24)26-3)10(2)23(12-6-7-12)19(25)22-16/h5,8-9,12,16,18H,4,6-7H2,1-3H3,(H,22,25)/t16-/m1/s1. The Hall–Kier alpha value is -2.84. The Morgan fingerprint density at radius 3 is 2.61 bits per heavy atom. The van der Waals surface area contributed by atoms with Crippen LogP contribution >= 0.6 is 0 Å². The highest BCUT2D eigenvalue weighted by Gasteiger charge is 2.42. The van der Waals surface area contributed by atoms with Gasteiger partial charge in [0.15, 0.2) is 11.5 Å². The van der Waals surface area contributed by atoms with Crippen molar-refractivity contribution >= 4 is 12.0 Å². The number of amides is 2. The molecule has 1 aliphatic heterocycles. The van der Waals surface area contributed by atoms with Gasteiger partial charge in [0.05, 0.1) is 25.3 Å². The zero-order chi connectivity index (χ0) is 20.4. The fourth-order valence-electron chi connectivity index (χ4n) is 3.32. The molecule has 1 aromatic rings. The minimum absolute atomic E-state index is 0.0707. The first-order chi connectivity index (χ1) is 13.4. The number of methoxy groups -OCH3 is 1. The second-order valence-corrected chi connectivity index (χ2v) is 6.49. The van der Waals surface area contributed by atoms with Crippen molar-refractivity contribution in [1.29, 1.82) is 0 Å². The third kappa shape index (κ3) is 3.88. The molecule has 0 aromatic heterocycles. The van der Waals surface area contributed by atoms with Gasteiger partial charge in [0, 0.05) is 11.7 Å². The maximum absolute atomic E-state index is 12.6. The maximum atomic E-state index is 12.6. The number of nitrogens with one attached hydrogen (secondary N) is 1. The highest BCUT2D eigenvalue weighted by atomic mass is 19.3. The number of rotatable bonds is 7. The number of esters is 1. The van der Waals surface area contributed by atoms with Crippen LogP contribution < -0.4 is 14.8 Å². The first kappa shape index (κ1) is 19.9. The molecule has 7 nitrogen and oxygen atoms in total. The van der Waals surface area contributed by atoms with Crippen molar-refractivity contribution < 1.29 is 32.6 Å². The van der Waals surface area contributed by atoms with E-state index in [-0.39, 0.29) is 30.2 Å². The molecule has 2 amide bonds. The predicted molar refractivity (Wildman–Crippen MR) is 95.1 cm³/mol. The predicted octanol–water partition coefficient (Wildman–Crippen LogP) is 3.36. The summed E-state index contributed by atoms with van der Waals surface area (Å²) in [5, 5.41) is 2.81. The van der Waals surface area contributed by atoms with Gasteiger partial charge in [0.2, 0.25) is 0 Å². The van der Waals surface area contributed by atoms with Crippen LogP contribution in [0.25, 0.3) is 0 Å². The van der Waals surface area contributed by atoms with E-state index < -0.39 is 18.6 Å². The molecule has 1 saturated carbocycles. The fraction of sp³-hybridized carbons (Fsp3) is 0.474. The van der Waals surface area contributed by atoms with Crippen molar-refractivity contribution in [2.75, 3.05) is 13.7 Å². The average molecular weight is 396 g/mol. The van der Waals surface area contributed by atoms with Gasteiger partial charge in [-0.05, 0) is 44.4 Å². The van der Waals surface area contributed by atoms with Crippen LogP contribution in [0.2, 0.25) is 0 Å². The lowest BCUT2D eigenvalue weighted by Crippen LogP contribution is -2.48. The number of alkyl halides is 2. The number of benzene rings is 1. The molecule has 0 unspecified atom stereocenters. The molecule has 1 aromatic carbocycles. The molecule has 28 heavy (non-hydrogen) atoms. The molecule has 3 rings (SSSR count). The summed E-state index contributed by atoms with van der Waals surface area (Å²) in [5.41, 5.74) is 1.31. The molecule has 0 bridgehead atoms. The molecular formula is C19H22F2N2O5. The zero-order valence-corrected chi connectivity index (χ0v) is 15.8. The number of ether oxygens (including phenoxy) is 3. The second kappa shape index (κ2) is 8.04. The minimum Gasteiger partial charge on any atom is -0.490 e. The van der Waals surface area contributed by atoms with Crippen LogP contribution in [0, 0.1) is 0 Å². The van der Waals surface area contributed by atoms with Crippen molar-refractivity contribution in [3.05, 3.63) is 35.0 Å². The zero-order valence-electron chi connectivity index (χ0n) is 15.8. The van der Waals surface area contributed by atoms with Gasteiger partial charge < -0.3 is 19.5 Å². The molecule has 152 valence electrons. The van der Waals surface area contributed by atoms with Gasteiger partial charge in [-0.15, -0.1) is 0 Å². The third-order valence-electron chi connectivity index (χ3n) is 4.66. The van der Waals surface area contributed by atoms with Crippen molar-refractivity contribution in [2.24, 2.45) is 0 Å². The molecule has 1 fully saturated rings. The summed E-state index contributed by atoms with van der Waals surface area (Å²) in [4.78, 5) is 26.7. The van der Waals surface area contributed by atoms with Crippen LogP contribution in [0.15, 0.2) is 29.5 Å². The first-order valence-corrected chi connectivity index (χ1v) is 8.97. The monoisotopic (exact) mass is 396 g/mol. The normalized spacial score (nSPS) is 19.6. The van der Waals surface area contributed by atoms with E-state index in [1.54, 1.807) is 18.7 Å². The van der Waals surface area contributed by atoms with E-state index in [0.717, 1.165) is 12.8 Å². The molecule has 1 N–H and O–H groups in total. The molecule has 2 aliphatic rings. The maximum Gasteiger partial charge on any atom is 0.387 e. The van der Waals surface area contributed by atoms with Gasteiger partial charge in [0.25, 0.3) is 0 Å². The second-order valence-electron chi connectivity index (χ2n) is 6.49. The Morgan fingerprint density at radius 1 is 1.32 bits per heavy atom. The summed E-state index contributed by atoms with van der Waals surface area (Å²) in [6.45, 7) is 0.639.